The highest BCUT2D eigenvalue weighted by molar-refractivity contribution is 6.05. The number of nitrogens with one attached hydrogen (secondary N) is 4. The first-order valence-electron chi connectivity index (χ1n) is 15.5. The van der Waals surface area contributed by atoms with E-state index in [0.29, 0.717) is 23.2 Å². The van der Waals surface area contributed by atoms with Crippen LogP contribution in [0, 0.1) is 0 Å². The Morgan fingerprint density at radius 1 is 0.674 bits per heavy atom. The van der Waals surface area contributed by atoms with Gasteiger partial charge < -0.3 is 25.0 Å². The number of carbonyl (C=O) groups is 2. The van der Waals surface area contributed by atoms with Crippen molar-refractivity contribution < 1.29 is 14.7 Å². The van der Waals surface area contributed by atoms with Crippen LogP contribution in [0.5, 0.6) is 0 Å². The molecule has 4 heterocycles. The molecule has 0 fully saturated rings. The van der Waals surface area contributed by atoms with Crippen molar-refractivity contribution in [3.63, 3.8) is 0 Å². The van der Waals surface area contributed by atoms with Gasteiger partial charge in [0, 0.05) is 84.8 Å². The number of aldehydes is 1. The van der Waals surface area contributed by atoms with E-state index in [1.54, 1.807) is 0 Å². The van der Waals surface area contributed by atoms with Crippen molar-refractivity contribution in [3.8, 4) is 0 Å². The van der Waals surface area contributed by atoms with Gasteiger partial charge in [0.1, 0.15) is 0 Å². The van der Waals surface area contributed by atoms with E-state index in [2.05, 4.69) is 75.4 Å². The van der Waals surface area contributed by atoms with Gasteiger partial charge in [0.15, 0.2) is 6.29 Å². The van der Waals surface area contributed by atoms with E-state index in [0.717, 1.165) is 77.8 Å². The number of benzene rings is 4. The van der Waals surface area contributed by atoms with Crippen LogP contribution in [0.4, 0.5) is 0 Å². The lowest BCUT2D eigenvalue weighted by Crippen LogP contribution is -2.05. The molecule has 0 bridgehead atoms. The number of hydrogen-bond acceptors (Lipinski definition) is 2. The molecule has 7 heteroatoms. The number of carboxylic acids is 1. The maximum absolute atomic E-state index is 12.5. The Morgan fingerprint density at radius 3 is 2.02 bits per heavy atom. The molecular formula is C39H32N4O3. The van der Waals surface area contributed by atoms with Crippen molar-refractivity contribution >= 4 is 55.9 Å². The van der Waals surface area contributed by atoms with Crippen molar-refractivity contribution in [2.75, 3.05) is 0 Å². The molecule has 0 aliphatic carbocycles. The molecule has 5 N–H and O–H groups in total. The molecule has 0 saturated heterocycles. The Bertz CT molecular complexity index is 2450. The molecule has 2 unspecified atom stereocenters. The lowest BCUT2D eigenvalue weighted by molar-refractivity contribution is 0.0697. The smallest absolute Gasteiger partial charge is 0.338 e. The highest BCUT2D eigenvalue weighted by atomic mass is 16.4. The van der Waals surface area contributed by atoms with E-state index < -0.39 is 5.97 Å². The fourth-order valence-electron chi connectivity index (χ4n) is 7.24. The zero-order valence-electron chi connectivity index (χ0n) is 25.4. The summed E-state index contributed by atoms with van der Waals surface area (Å²) in [5.74, 6) is -1.08. The van der Waals surface area contributed by atoms with E-state index in [-0.39, 0.29) is 11.8 Å². The second-order valence-electron chi connectivity index (χ2n) is 12.2. The highest BCUT2D eigenvalue weighted by Crippen LogP contribution is 2.37. The Morgan fingerprint density at radius 2 is 1.26 bits per heavy atom. The molecule has 4 aromatic carbocycles. The van der Waals surface area contributed by atoms with Crippen LogP contribution < -0.4 is 0 Å². The monoisotopic (exact) mass is 604 g/mol. The van der Waals surface area contributed by atoms with Gasteiger partial charge in [0.05, 0.1) is 5.56 Å². The van der Waals surface area contributed by atoms with Crippen molar-refractivity contribution in [2.45, 2.75) is 32.1 Å². The number of aromatic nitrogens is 4. The number of rotatable bonds is 8. The van der Waals surface area contributed by atoms with Gasteiger partial charge in [-0.15, -0.1) is 0 Å². The molecule has 0 radical (unpaired) electrons. The van der Waals surface area contributed by atoms with Crippen LogP contribution in [-0.4, -0.2) is 37.3 Å². The molecule has 2 atom stereocenters. The normalized spacial score (nSPS) is 13.2. The number of H-pyrrole nitrogens is 4. The summed E-state index contributed by atoms with van der Waals surface area (Å²) in [6, 6.07) is 28.5. The molecule has 0 aliphatic rings. The third-order valence-corrected chi connectivity index (χ3v) is 9.61. The molecule has 0 amide bonds. The van der Waals surface area contributed by atoms with Gasteiger partial charge in [-0.05, 0) is 59.0 Å². The minimum atomic E-state index is -0.932. The fraction of sp³-hybridized carbons (Fsp3) is 0.128. The number of aromatic carboxylic acids is 1. The average Bonchev–Trinajstić information content (AvgIpc) is 3.85. The van der Waals surface area contributed by atoms with Gasteiger partial charge in [-0.25, -0.2) is 4.79 Å². The number of carbonyl (C=O) groups excluding carboxylic acids is 1. The van der Waals surface area contributed by atoms with Crippen molar-refractivity contribution in [3.05, 3.63) is 142 Å². The van der Waals surface area contributed by atoms with Crippen LogP contribution in [-0.2, 0) is 6.42 Å². The first-order valence-corrected chi connectivity index (χ1v) is 15.5. The van der Waals surface area contributed by atoms with Gasteiger partial charge in [-0.1, -0.05) is 68.4 Å². The van der Waals surface area contributed by atoms with Crippen LogP contribution in [0.25, 0.3) is 43.6 Å². The minimum Gasteiger partial charge on any atom is -0.478 e. The fourth-order valence-corrected chi connectivity index (χ4v) is 7.24. The van der Waals surface area contributed by atoms with Gasteiger partial charge in [-0.2, -0.15) is 0 Å². The molecule has 226 valence electrons. The molecule has 7 nitrogen and oxygen atoms in total. The Kier molecular flexibility index (Phi) is 6.42. The molecule has 0 saturated carbocycles. The summed E-state index contributed by atoms with van der Waals surface area (Å²) in [5, 5.41) is 13.9. The third kappa shape index (κ3) is 4.35. The summed E-state index contributed by atoms with van der Waals surface area (Å²) in [5.41, 5.74) is 10.9. The summed E-state index contributed by atoms with van der Waals surface area (Å²) in [4.78, 5) is 38.4. The summed E-state index contributed by atoms with van der Waals surface area (Å²) < 4.78 is 0. The Hall–Kier alpha value is -5.82. The maximum atomic E-state index is 12.5. The summed E-state index contributed by atoms with van der Waals surface area (Å²) in [6.45, 7) is 4.17. The molecule has 0 aliphatic heterocycles. The van der Waals surface area contributed by atoms with E-state index >= 15 is 0 Å². The standard InChI is InChI=1S/C39H32N4O3/c1-21(29-18-40-32-9-5-3-7-25(29)32)37-31(20-44)28-16-23(12-14-34(28)42-37)15-24-11-13-26-30(19-41-35(26)17-24)22(2)38-36(39(45)46)27-8-4-6-10-33(27)43-38/h3-14,16-22,40-43H,15H2,1-2H3,(H,45,46). The largest absolute Gasteiger partial charge is 0.478 e. The lowest BCUT2D eigenvalue weighted by Gasteiger charge is -2.11. The van der Waals surface area contributed by atoms with Crippen LogP contribution in [0.1, 0.15) is 80.0 Å². The highest BCUT2D eigenvalue weighted by Gasteiger charge is 2.25. The van der Waals surface area contributed by atoms with Crippen molar-refractivity contribution in [2.24, 2.45) is 0 Å². The van der Waals surface area contributed by atoms with E-state index in [1.807, 2.05) is 55.7 Å². The zero-order chi connectivity index (χ0) is 31.5. The predicted octanol–water partition coefficient (Wildman–Crippen LogP) is 9.02. The molecule has 4 aromatic heterocycles. The van der Waals surface area contributed by atoms with E-state index in [4.69, 9.17) is 0 Å². The first-order chi connectivity index (χ1) is 22.4. The Labute approximate surface area is 264 Å². The minimum absolute atomic E-state index is 0.00927. The quantitative estimate of drug-likeness (QED) is 0.111. The Balaban J connectivity index is 1.10. The first kappa shape index (κ1) is 27.7. The van der Waals surface area contributed by atoms with Crippen molar-refractivity contribution in [1.82, 2.24) is 19.9 Å². The van der Waals surface area contributed by atoms with Gasteiger partial charge in [0.2, 0.25) is 0 Å². The van der Waals surface area contributed by atoms with Crippen LogP contribution in [0.15, 0.2) is 97.3 Å². The number of carboxylic acid groups (broad SMARTS) is 1. The SMILES string of the molecule is CC(c1[nH]c2ccc(Cc3ccc4c(C(C)c5[nH]c6ccccc6c5C(=O)O)c[nH]c4c3)cc2c1C=O)c1c[nH]c2ccccc12. The summed E-state index contributed by atoms with van der Waals surface area (Å²) in [7, 11) is 0. The molecule has 8 aromatic rings. The van der Waals surface area contributed by atoms with Gasteiger partial charge >= 0.3 is 5.97 Å². The topological polar surface area (TPSA) is 118 Å². The van der Waals surface area contributed by atoms with Crippen LogP contribution in [0.2, 0.25) is 0 Å². The zero-order valence-corrected chi connectivity index (χ0v) is 25.4. The molecule has 0 spiro atoms. The lowest BCUT2D eigenvalue weighted by atomic mass is 9.93. The van der Waals surface area contributed by atoms with Crippen LogP contribution >= 0.6 is 0 Å². The molecule has 8 rings (SSSR count). The summed E-state index contributed by atoms with van der Waals surface area (Å²) >= 11 is 0. The second kappa shape index (κ2) is 10.7. The number of aromatic amines is 4. The predicted molar refractivity (Wildman–Crippen MR) is 183 cm³/mol. The van der Waals surface area contributed by atoms with Crippen molar-refractivity contribution in [1.29, 1.82) is 0 Å². The average molecular weight is 605 g/mol. The number of fused-ring (bicyclic) bond motifs is 4. The van der Waals surface area contributed by atoms with Gasteiger partial charge in [-0.3, -0.25) is 4.79 Å². The summed E-state index contributed by atoms with van der Waals surface area (Å²) in [6.07, 6.45) is 5.70. The molecule has 46 heavy (non-hydrogen) atoms. The van der Waals surface area contributed by atoms with Gasteiger partial charge in [0.25, 0.3) is 0 Å². The second-order valence-corrected chi connectivity index (χ2v) is 12.2. The number of para-hydroxylation sites is 2. The number of hydrogen-bond donors (Lipinski definition) is 5. The maximum Gasteiger partial charge on any atom is 0.338 e. The molecular weight excluding hydrogens is 572 g/mol. The van der Waals surface area contributed by atoms with Crippen LogP contribution in [0.3, 0.4) is 0 Å². The van der Waals surface area contributed by atoms with E-state index in [9.17, 15) is 14.7 Å². The van der Waals surface area contributed by atoms with E-state index in [1.165, 1.54) is 0 Å². The third-order valence-electron chi connectivity index (χ3n) is 9.61.